The van der Waals surface area contributed by atoms with Crippen molar-refractivity contribution in [2.75, 3.05) is 12.3 Å². The first-order valence-corrected chi connectivity index (χ1v) is 7.99. The second-order valence-corrected chi connectivity index (χ2v) is 7.09. The number of H-pyrrole nitrogens is 1. The summed E-state index contributed by atoms with van der Waals surface area (Å²) in [5.41, 5.74) is 1.48. The molecule has 0 bridgehead atoms. The van der Waals surface area contributed by atoms with Gasteiger partial charge in [0.2, 0.25) is 0 Å². The Morgan fingerprint density at radius 2 is 1.95 bits per heavy atom. The number of hydrogen-bond acceptors (Lipinski definition) is 2. The summed E-state index contributed by atoms with van der Waals surface area (Å²) in [4.78, 5) is 3.46. The Morgan fingerprint density at radius 3 is 2.68 bits per heavy atom. The molecule has 0 aliphatic rings. The standard InChI is InChI=1S/C16H24N2S/c1-16(2,3)17-10-6-7-11-19-15-12-13-8-4-5-9-14(13)18-15/h4-5,8-9,12,17-18H,6-7,10-11H2,1-3H3. The van der Waals surface area contributed by atoms with Crippen LogP contribution in [0.3, 0.4) is 0 Å². The highest BCUT2D eigenvalue weighted by Crippen LogP contribution is 2.23. The van der Waals surface area contributed by atoms with E-state index >= 15 is 0 Å². The van der Waals surface area contributed by atoms with Gasteiger partial charge in [0.05, 0.1) is 5.03 Å². The van der Waals surface area contributed by atoms with Gasteiger partial charge in [-0.15, -0.1) is 11.8 Å². The lowest BCUT2D eigenvalue weighted by molar-refractivity contribution is 0.421. The molecule has 2 N–H and O–H groups in total. The van der Waals surface area contributed by atoms with Crippen LogP contribution in [0.25, 0.3) is 10.9 Å². The molecule has 0 amide bonds. The molecule has 0 atom stereocenters. The van der Waals surface area contributed by atoms with Gasteiger partial charge in [-0.2, -0.15) is 0 Å². The van der Waals surface area contributed by atoms with Gasteiger partial charge in [-0.05, 0) is 58.0 Å². The molecular weight excluding hydrogens is 252 g/mol. The first kappa shape index (κ1) is 14.5. The fraction of sp³-hybridized carbons (Fsp3) is 0.500. The largest absolute Gasteiger partial charge is 0.350 e. The van der Waals surface area contributed by atoms with Gasteiger partial charge in [-0.25, -0.2) is 0 Å². The van der Waals surface area contributed by atoms with E-state index in [1.807, 2.05) is 11.8 Å². The normalized spacial score (nSPS) is 12.2. The topological polar surface area (TPSA) is 27.8 Å². The van der Waals surface area contributed by atoms with Crippen LogP contribution >= 0.6 is 11.8 Å². The second kappa shape index (κ2) is 6.49. The lowest BCUT2D eigenvalue weighted by atomic mass is 10.1. The van der Waals surface area contributed by atoms with E-state index < -0.39 is 0 Å². The molecule has 1 aromatic heterocycles. The molecule has 19 heavy (non-hydrogen) atoms. The van der Waals surface area contributed by atoms with Gasteiger partial charge in [-0.1, -0.05) is 18.2 Å². The first-order chi connectivity index (χ1) is 9.04. The Bertz CT molecular complexity index is 478. The van der Waals surface area contributed by atoms with Gasteiger partial charge in [0.15, 0.2) is 0 Å². The maximum Gasteiger partial charge on any atom is 0.0732 e. The number of fused-ring (bicyclic) bond motifs is 1. The maximum atomic E-state index is 3.52. The monoisotopic (exact) mass is 276 g/mol. The van der Waals surface area contributed by atoms with Crippen LogP contribution in [0.15, 0.2) is 35.4 Å². The Morgan fingerprint density at radius 1 is 1.16 bits per heavy atom. The Balaban J connectivity index is 1.68. The fourth-order valence-corrected chi connectivity index (χ4v) is 2.96. The third kappa shape index (κ3) is 4.92. The summed E-state index contributed by atoms with van der Waals surface area (Å²) in [5, 5.41) is 6.11. The first-order valence-electron chi connectivity index (χ1n) is 7.00. The van der Waals surface area contributed by atoms with Crippen LogP contribution in [0, 0.1) is 0 Å². The summed E-state index contributed by atoms with van der Waals surface area (Å²) in [6.07, 6.45) is 2.49. The van der Waals surface area contributed by atoms with E-state index in [9.17, 15) is 0 Å². The summed E-state index contributed by atoms with van der Waals surface area (Å²) >= 11 is 1.92. The Labute approximate surface area is 120 Å². The molecule has 104 valence electrons. The zero-order chi connectivity index (χ0) is 13.7. The summed E-state index contributed by atoms with van der Waals surface area (Å²) < 4.78 is 0. The van der Waals surface area contributed by atoms with Crippen molar-refractivity contribution >= 4 is 22.7 Å². The van der Waals surface area contributed by atoms with E-state index in [1.54, 1.807) is 0 Å². The molecule has 0 aliphatic heterocycles. The molecule has 0 saturated heterocycles. The van der Waals surface area contributed by atoms with Crippen molar-refractivity contribution in [2.24, 2.45) is 0 Å². The molecule has 1 aromatic carbocycles. The van der Waals surface area contributed by atoms with Crippen LogP contribution in [0.4, 0.5) is 0 Å². The van der Waals surface area contributed by atoms with Crippen LogP contribution in [0.2, 0.25) is 0 Å². The molecule has 0 radical (unpaired) electrons. The van der Waals surface area contributed by atoms with Crippen LogP contribution in [0.5, 0.6) is 0 Å². The minimum Gasteiger partial charge on any atom is -0.350 e. The van der Waals surface area contributed by atoms with Gasteiger partial charge in [0.1, 0.15) is 0 Å². The molecular formula is C16H24N2S. The third-order valence-corrected chi connectivity index (χ3v) is 4.01. The molecule has 0 saturated carbocycles. The minimum absolute atomic E-state index is 0.240. The lowest BCUT2D eigenvalue weighted by Crippen LogP contribution is -2.36. The van der Waals surface area contributed by atoms with E-state index in [0.717, 1.165) is 6.54 Å². The van der Waals surface area contributed by atoms with Crippen LogP contribution in [-0.4, -0.2) is 22.8 Å². The molecule has 0 spiro atoms. The molecule has 2 aromatic rings. The van der Waals surface area contributed by atoms with Crippen molar-refractivity contribution in [3.63, 3.8) is 0 Å². The molecule has 0 unspecified atom stereocenters. The number of benzene rings is 1. The van der Waals surface area contributed by atoms with E-state index in [0.29, 0.717) is 0 Å². The van der Waals surface area contributed by atoms with Gasteiger partial charge < -0.3 is 10.3 Å². The maximum absolute atomic E-state index is 3.52. The SMILES string of the molecule is CC(C)(C)NCCCCSc1cc2ccccc2[nH]1. The van der Waals surface area contributed by atoms with Gasteiger partial charge in [0.25, 0.3) is 0 Å². The number of rotatable bonds is 6. The number of unbranched alkanes of at least 4 members (excludes halogenated alkanes) is 1. The summed E-state index contributed by atoms with van der Waals surface area (Å²) in [6.45, 7) is 7.75. The average Bonchev–Trinajstić information content (AvgIpc) is 2.74. The van der Waals surface area contributed by atoms with Crippen molar-refractivity contribution in [3.8, 4) is 0 Å². The average molecular weight is 276 g/mol. The number of aromatic amines is 1. The van der Waals surface area contributed by atoms with Gasteiger partial charge in [-0.3, -0.25) is 0 Å². The number of aromatic nitrogens is 1. The molecule has 3 heteroatoms. The Hall–Kier alpha value is -0.930. The summed E-state index contributed by atoms with van der Waals surface area (Å²) in [5.74, 6) is 1.18. The van der Waals surface area contributed by atoms with Crippen LogP contribution < -0.4 is 5.32 Å². The lowest BCUT2D eigenvalue weighted by Gasteiger charge is -2.20. The van der Waals surface area contributed by atoms with Crippen molar-refractivity contribution in [3.05, 3.63) is 30.3 Å². The van der Waals surface area contributed by atoms with E-state index in [4.69, 9.17) is 0 Å². The highest BCUT2D eigenvalue weighted by atomic mass is 32.2. The van der Waals surface area contributed by atoms with Crippen LogP contribution in [0.1, 0.15) is 33.6 Å². The minimum atomic E-state index is 0.240. The molecule has 0 fully saturated rings. The number of para-hydroxylation sites is 1. The number of thioether (sulfide) groups is 1. The predicted molar refractivity (Wildman–Crippen MR) is 86.0 cm³/mol. The molecule has 2 rings (SSSR count). The number of nitrogens with one attached hydrogen (secondary N) is 2. The quantitative estimate of drug-likeness (QED) is 0.603. The van der Waals surface area contributed by atoms with Gasteiger partial charge >= 0.3 is 0 Å². The van der Waals surface area contributed by atoms with Crippen LogP contribution in [-0.2, 0) is 0 Å². The summed E-state index contributed by atoms with van der Waals surface area (Å²) in [7, 11) is 0. The van der Waals surface area contributed by atoms with E-state index in [-0.39, 0.29) is 5.54 Å². The highest BCUT2D eigenvalue weighted by molar-refractivity contribution is 7.99. The van der Waals surface area contributed by atoms with E-state index in [2.05, 4.69) is 61.4 Å². The third-order valence-electron chi connectivity index (χ3n) is 2.99. The zero-order valence-electron chi connectivity index (χ0n) is 12.1. The van der Waals surface area contributed by atoms with Crippen molar-refractivity contribution < 1.29 is 0 Å². The smallest absolute Gasteiger partial charge is 0.0732 e. The second-order valence-electron chi connectivity index (χ2n) is 5.95. The Kier molecular flexibility index (Phi) is 4.94. The van der Waals surface area contributed by atoms with Crippen molar-refractivity contribution in [1.82, 2.24) is 10.3 Å². The van der Waals surface area contributed by atoms with Gasteiger partial charge in [0, 0.05) is 16.4 Å². The van der Waals surface area contributed by atoms with E-state index in [1.165, 1.54) is 34.5 Å². The zero-order valence-corrected chi connectivity index (χ0v) is 12.9. The van der Waals surface area contributed by atoms with Crippen molar-refractivity contribution in [1.29, 1.82) is 0 Å². The highest BCUT2D eigenvalue weighted by Gasteiger charge is 2.07. The summed E-state index contributed by atoms with van der Waals surface area (Å²) in [6, 6.07) is 10.7. The molecule has 1 heterocycles. The van der Waals surface area contributed by atoms with Crippen molar-refractivity contribution in [2.45, 2.75) is 44.2 Å². The predicted octanol–water partition coefficient (Wildman–Crippen LogP) is 4.43. The fourth-order valence-electron chi connectivity index (χ4n) is 2.00. The molecule has 2 nitrogen and oxygen atoms in total. The number of hydrogen-bond donors (Lipinski definition) is 2. The molecule has 0 aliphatic carbocycles.